The predicted octanol–water partition coefficient (Wildman–Crippen LogP) is 1.04. The van der Waals surface area contributed by atoms with E-state index in [-0.39, 0.29) is 30.1 Å². The Morgan fingerprint density at radius 2 is 0.923 bits per heavy atom. The molecule has 210 valence electrons. The second-order valence-corrected chi connectivity index (χ2v) is 8.42. The van der Waals surface area contributed by atoms with E-state index >= 15 is 0 Å². The third kappa shape index (κ3) is 12.9. The molecule has 0 fully saturated rings. The van der Waals surface area contributed by atoms with Gasteiger partial charge < -0.3 is 47.8 Å². The van der Waals surface area contributed by atoms with E-state index in [1.165, 1.54) is 30.3 Å². The van der Waals surface area contributed by atoms with E-state index in [0.29, 0.717) is 12.0 Å². The molecule has 12 heteroatoms. The number of aromatic hydroxyl groups is 3. The highest BCUT2D eigenvalue weighted by Crippen LogP contribution is 2.25. The molecule has 3 aromatic carbocycles. The lowest BCUT2D eigenvalue weighted by Gasteiger charge is -2.06. The Bertz CT molecular complexity index is 1200. The Labute approximate surface area is 224 Å². The van der Waals surface area contributed by atoms with Gasteiger partial charge in [-0.3, -0.25) is 14.4 Å². The van der Waals surface area contributed by atoms with Gasteiger partial charge in [-0.25, -0.2) is 0 Å². The van der Waals surface area contributed by atoms with E-state index in [2.05, 4.69) is 0 Å². The van der Waals surface area contributed by atoms with Gasteiger partial charge >= 0.3 is 17.9 Å². The maximum atomic E-state index is 10.4. The average Bonchev–Trinajstić information content (AvgIpc) is 2.88. The standard InChI is InChI=1S/C9H11NO4.C9H11NO3.C9H11NO2/c10-6(9(13)14)3-5-1-2-7(11)8(12)4-5;10-8(9(12)13)5-6-1-3-7(11)4-2-6;10-8(9(11)12)6-7-4-2-1-3-5-7/h1-2,4,6,11-12H,3,10H2,(H,13,14);1-4,8,11H,5,10H2,(H,12,13);1-5,8H,6,10H2,(H,11,12)/t6-;2*8-/m000/s1. The van der Waals surface area contributed by atoms with Gasteiger partial charge in [0, 0.05) is 0 Å². The van der Waals surface area contributed by atoms with E-state index in [1.807, 2.05) is 30.3 Å². The number of hydrogen-bond donors (Lipinski definition) is 9. The van der Waals surface area contributed by atoms with Gasteiger partial charge in [0.2, 0.25) is 0 Å². The first-order valence-electron chi connectivity index (χ1n) is 11.6. The summed E-state index contributed by atoms with van der Waals surface area (Å²) in [7, 11) is 0. The Balaban J connectivity index is 0.000000293. The van der Waals surface area contributed by atoms with E-state index in [0.717, 1.165) is 11.1 Å². The molecule has 0 saturated carbocycles. The third-order valence-electron chi connectivity index (χ3n) is 5.14. The monoisotopic (exact) mass is 543 g/mol. The zero-order chi connectivity index (χ0) is 29.5. The molecule has 0 saturated heterocycles. The quantitative estimate of drug-likeness (QED) is 0.172. The Morgan fingerprint density at radius 1 is 0.538 bits per heavy atom. The number of phenols is 3. The summed E-state index contributed by atoms with van der Waals surface area (Å²) in [4.78, 5) is 31.2. The molecule has 0 bridgehead atoms. The Morgan fingerprint density at radius 3 is 1.33 bits per heavy atom. The summed E-state index contributed by atoms with van der Waals surface area (Å²) in [6.07, 6.45) is 0.773. The van der Waals surface area contributed by atoms with Crippen molar-refractivity contribution in [2.45, 2.75) is 37.4 Å². The maximum absolute atomic E-state index is 10.4. The Kier molecular flexibility index (Phi) is 13.5. The van der Waals surface area contributed by atoms with Crippen LogP contribution in [0, 0.1) is 0 Å². The van der Waals surface area contributed by atoms with Crippen molar-refractivity contribution in [2.75, 3.05) is 0 Å². The Hall–Kier alpha value is -4.65. The molecule has 0 heterocycles. The number of rotatable bonds is 9. The van der Waals surface area contributed by atoms with E-state index in [9.17, 15) is 14.4 Å². The molecule has 0 aliphatic heterocycles. The lowest BCUT2D eigenvalue weighted by Crippen LogP contribution is -2.32. The first-order chi connectivity index (χ1) is 18.3. The number of aliphatic carboxylic acids is 3. The molecule has 12 N–H and O–H groups in total. The lowest BCUT2D eigenvalue weighted by molar-refractivity contribution is -0.139. The summed E-state index contributed by atoms with van der Waals surface area (Å²) in [6, 6.07) is 17.1. The predicted molar refractivity (Wildman–Crippen MR) is 142 cm³/mol. The van der Waals surface area contributed by atoms with Crippen LogP contribution in [0.3, 0.4) is 0 Å². The number of carboxylic acids is 3. The van der Waals surface area contributed by atoms with E-state index in [4.69, 9.17) is 47.8 Å². The van der Waals surface area contributed by atoms with Crippen molar-refractivity contribution >= 4 is 17.9 Å². The summed E-state index contributed by atoms with van der Waals surface area (Å²) in [5.41, 5.74) is 18.3. The SMILES string of the molecule is N[C@@H](Cc1ccc(O)c(O)c1)C(=O)O.N[C@@H](Cc1ccc(O)cc1)C(=O)O.N[C@@H](Cc1ccccc1)C(=O)O. The average molecular weight is 544 g/mol. The van der Waals surface area contributed by atoms with Crippen LogP contribution in [-0.4, -0.2) is 66.7 Å². The zero-order valence-corrected chi connectivity index (χ0v) is 20.9. The molecule has 12 nitrogen and oxygen atoms in total. The van der Waals surface area contributed by atoms with Crippen LogP contribution >= 0.6 is 0 Å². The molecule has 0 aromatic heterocycles. The molecular formula is C27H33N3O9. The number of carboxylic acid groups (broad SMARTS) is 3. The van der Waals surface area contributed by atoms with Gasteiger partial charge in [-0.05, 0) is 60.2 Å². The van der Waals surface area contributed by atoms with Gasteiger partial charge in [0.1, 0.15) is 23.9 Å². The number of carbonyl (C=O) groups is 3. The minimum absolute atomic E-state index is 0.114. The van der Waals surface area contributed by atoms with Crippen molar-refractivity contribution in [1.29, 1.82) is 0 Å². The van der Waals surface area contributed by atoms with Crippen molar-refractivity contribution in [3.63, 3.8) is 0 Å². The summed E-state index contributed by atoms with van der Waals surface area (Å²) < 4.78 is 0. The number of hydrogen-bond acceptors (Lipinski definition) is 9. The molecule has 0 amide bonds. The summed E-state index contributed by atoms with van der Waals surface area (Å²) >= 11 is 0. The fourth-order valence-corrected chi connectivity index (χ4v) is 2.97. The van der Waals surface area contributed by atoms with E-state index in [1.54, 1.807) is 12.1 Å². The topological polar surface area (TPSA) is 251 Å². The fourth-order valence-electron chi connectivity index (χ4n) is 2.97. The highest BCUT2D eigenvalue weighted by atomic mass is 16.4. The van der Waals surface area contributed by atoms with Crippen molar-refractivity contribution in [3.05, 3.63) is 89.5 Å². The lowest BCUT2D eigenvalue weighted by atomic mass is 10.1. The first-order valence-corrected chi connectivity index (χ1v) is 11.6. The van der Waals surface area contributed by atoms with Crippen LogP contribution in [0.15, 0.2) is 72.8 Å². The van der Waals surface area contributed by atoms with Crippen LogP contribution in [0.2, 0.25) is 0 Å². The third-order valence-corrected chi connectivity index (χ3v) is 5.14. The van der Waals surface area contributed by atoms with Crippen LogP contribution in [-0.2, 0) is 33.6 Å². The van der Waals surface area contributed by atoms with Gasteiger partial charge in [-0.2, -0.15) is 0 Å². The minimum atomic E-state index is -1.10. The van der Waals surface area contributed by atoms with E-state index < -0.39 is 36.0 Å². The van der Waals surface area contributed by atoms with Gasteiger partial charge in [-0.1, -0.05) is 48.5 Å². The van der Waals surface area contributed by atoms with Crippen LogP contribution in [0.25, 0.3) is 0 Å². The second-order valence-electron chi connectivity index (χ2n) is 8.42. The normalized spacial score (nSPS) is 12.4. The van der Waals surface area contributed by atoms with Crippen molar-refractivity contribution in [3.8, 4) is 17.2 Å². The van der Waals surface area contributed by atoms with Crippen molar-refractivity contribution in [2.24, 2.45) is 17.2 Å². The molecule has 0 spiro atoms. The summed E-state index contributed by atoms with van der Waals surface area (Å²) in [5.74, 6) is -3.44. The van der Waals surface area contributed by atoms with Gasteiger partial charge in [0.15, 0.2) is 11.5 Å². The van der Waals surface area contributed by atoms with Crippen LogP contribution in [0.4, 0.5) is 0 Å². The molecule has 0 radical (unpaired) electrons. The largest absolute Gasteiger partial charge is 0.508 e. The first kappa shape index (κ1) is 32.4. The van der Waals surface area contributed by atoms with Crippen molar-refractivity contribution < 1.29 is 45.0 Å². The maximum Gasteiger partial charge on any atom is 0.320 e. The highest BCUT2D eigenvalue weighted by Gasteiger charge is 2.13. The number of nitrogens with two attached hydrogens (primary N) is 3. The molecule has 0 unspecified atom stereocenters. The van der Waals surface area contributed by atoms with Gasteiger partial charge in [0.25, 0.3) is 0 Å². The van der Waals surface area contributed by atoms with Gasteiger partial charge in [-0.15, -0.1) is 0 Å². The summed E-state index contributed by atoms with van der Waals surface area (Å²) in [5, 5.41) is 52.6. The fraction of sp³-hybridized carbons (Fsp3) is 0.222. The summed E-state index contributed by atoms with van der Waals surface area (Å²) in [6.45, 7) is 0. The van der Waals surface area contributed by atoms with Gasteiger partial charge in [0.05, 0.1) is 0 Å². The smallest absolute Gasteiger partial charge is 0.320 e. The second kappa shape index (κ2) is 16.2. The van der Waals surface area contributed by atoms with Crippen LogP contribution < -0.4 is 17.2 Å². The molecule has 3 aromatic rings. The molecule has 3 rings (SSSR count). The molecular weight excluding hydrogens is 510 g/mol. The molecule has 39 heavy (non-hydrogen) atoms. The molecule has 3 atom stereocenters. The van der Waals surface area contributed by atoms with Crippen LogP contribution in [0.5, 0.6) is 17.2 Å². The molecule has 0 aliphatic carbocycles. The highest BCUT2D eigenvalue weighted by molar-refractivity contribution is 5.74. The molecule has 0 aliphatic rings. The minimum Gasteiger partial charge on any atom is -0.508 e. The van der Waals surface area contributed by atoms with Crippen molar-refractivity contribution in [1.82, 2.24) is 0 Å². The zero-order valence-electron chi connectivity index (χ0n) is 20.9. The van der Waals surface area contributed by atoms with Crippen LogP contribution in [0.1, 0.15) is 16.7 Å². The number of phenolic OH excluding ortho intramolecular Hbond substituents is 3. The number of benzene rings is 3.